The summed E-state index contributed by atoms with van der Waals surface area (Å²) in [5, 5.41) is 3.53. The average molecular weight is 205 g/mol. The van der Waals surface area contributed by atoms with Gasteiger partial charge < -0.3 is 5.32 Å². The van der Waals surface area contributed by atoms with E-state index in [4.69, 9.17) is 0 Å². The van der Waals surface area contributed by atoms with Crippen molar-refractivity contribution in [3.05, 3.63) is 46.9 Å². The van der Waals surface area contributed by atoms with Gasteiger partial charge in [0.15, 0.2) is 0 Å². The lowest BCUT2D eigenvalue weighted by Crippen LogP contribution is -2.26. The Balaban J connectivity index is 1.84. The summed E-state index contributed by atoms with van der Waals surface area (Å²) in [6.45, 7) is 3.14. The van der Waals surface area contributed by atoms with E-state index in [2.05, 4.69) is 48.6 Å². The van der Waals surface area contributed by atoms with E-state index in [0.717, 1.165) is 6.54 Å². The van der Waals surface area contributed by atoms with Crippen LogP contribution in [0.1, 0.15) is 12.5 Å². The Morgan fingerprint density at radius 1 is 1.36 bits per heavy atom. The molecule has 0 saturated carbocycles. The number of hydrogen-bond acceptors (Lipinski definition) is 2. The molecule has 14 heavy (non-hydrogen) atoms. The molecular weight excluding hydrogens is 190 g/mol. The minimum absolute atomic E-state index is 0.556. The van der Waals surface area contributed by atoms with Crippen LogP contribution in [0.15, 0.2) is 41.3 Å². The van der Waals surface area contributed by atoms with Crippen LogP contribution < -0.4 is 5.32 Å². The van der Waals surface area contributed by atoms with Gasteiger partial charge in [-0.1, -0.05) is 36.4 Å². The van der Waals surface area contributed by atoms with Crippen molar-refractivity contribution in [3.8, 4) is 0 Å². The Morgan fingerprint density at radius 3 is 2.79 bits per heavy atom. The van der Waals surface area contributed by atoms with Gasteiger partial charge in [-0.15, -0.1) is 11.8 Å². The molecule has 0 fully saturated rings. The van der Waals surface area contributed by atoms with Crippen molar-refractivity contribution < 1.29 is 0 Å². The maximum absolute atomic E-state index is 3.53. The predicted molar refractivity (Wildman–Crippen MR) is 63.3 cm³/mol. The van der Waals surface area contributed by atoms with Crippen LogP contribution in [0.2, 0.25) is 0 Å². The van der Waals surface area contributed by atoms with Gasteiger partial charge in [0.05, 0.1) is 0 Å². The Kier molecular flexibility index (Phi) is 3.27. The molecule has 1 heterocycles. The van der Waals surface area contributed by atoms with Crippen molar-refractivity contribution in [2.75, 3.05) is 5.75 Å². The standard InChI is InChI=1S/C12H15NS/c1-10-7-12(9-14-10)13-8-11-5-3-2-4-6-11/h2-7,12-13H,8-9H2,1H3. The van der Waals surface area contributed by atoms with Crippen LogP contribution in [-0.2, 0) is 6.54 Å². The van der Waals surface area contributed by atoms with Gasteiger partial charge in [-0.25, -0.2) is 0 Å². The van der Waals surface area contributed by atoms with Gasteiger partial charge in [0.2, 0.25) is 0 Å². The number of benzene rings is 1. The van der Waals surface area contributed by atoms with Crippen LogP contribution >= 0.6 is 11.8 Å². The SMILES string of the molecule is CC1=CC(NCc2ccccc2)CS1. The second-order valence-electron chi connectivity index (χ2n) is 3.56. The minimum atomic E-state index is 0.556. The van der Waals surface area contributed by atoms with Crippen LogP contribution in [-0.4, -0.2) is 11.8 Å². The molecule has 2 heteroatoms. The number of nitrogens with one attached hydrogen (secondary N) is 1. The zero-order chi connectivity index (χ0) is 9.80. The molecule has 1 aliphatic rings. The summed E-state index contributed by atoms with van der Waals surface area (Å²) in [4.78, 5) is 1.44. The first-order chi connectivity index (χ1) is 6.84. The molecule has 1 aromatic carbocycles. The molecule has 1 aromatic rings. The smallest absolute Gasteiger partial charge is 0.0358 e. The fourth-order valence-electron chi connectivity index (χ4n) is 1.56. The fraction of sp³-hybridized carbons (Fsp3) is 0.333. The van der Waals surface area contributed by atoms with E-state index in [1.807, 2.05) is 11.8 Å². The Morgan fingerprint density at radius 2 is 2.14 bits per heavy atom. The highest BCUT2D eigenvalue weighted by Gasteiger charge is 2.12. The zero-order valence-corrected chi connectivity index (χ0v) is 9.18. The lowest BCUT2D eigenvalue weighted by atomic mass is 10.2. The topological polar surface area (TPSA) is 12.0 Å². The van der Waals surface area contributed by atoms with E-state index in [0.29, 0.717) is 6.04 Å². The first-order valence-corrected chi connectivity index (χ1v) is 5.92. The molecule has 2 rings (SSSR count). The van der Waals surface area contributed by atoms with Crippen molar-refractivity contribution in [1.29, 1.82) is 0 Å². The highest BCUT2D eigenvalue weighted by molar-refractivity contribution is 8.03. The van der Waals surface area contributed by atoms with Gasteiger partial charge in [-0.3, -0.25) is 0 Å². The number of allylic oxidation sites excluding steroid dienone is 1. The lowest BCUT2D eigenvalue weighted by Gasteiger charge is -2.09. The summed E-state index contributed by atoms with van der Waals surface area (Å²) in [6.07, 6.45) is 2.31. The molecule has 0 amide bonds. The molecule has 0 radical (unpaired) electrons. The quantitative estimate of drug-likeness (QED) is 0.814. The van der Waals surface area contributed by atoms with E-state index < -0.39 is 0 Å². The zero-order valence-electron chi connectivity index (χ0n) is 8.36. The van der Waals surface area contributed by atoms with E-state index in [1.54, 1.807) is 0 Å². The van der Waals surface area contributed by atoms with Gasteiger partial charge >= 0.3 is 0 Å². The van der Waals surface area contributed by atoms with Gasteiger partial charge in [-0.2, -0.15) is 0 Å². The summed E-state index contributed by atoms with van der Waals surface area (Å²) >= 11 is 1.94. The fourth-order valence-corrected chi connectivity index (χ4v) is 2.48. The monoisotopic (exact) mass is 205 g/mol. The molecule has 0 spiro atoms. The van der Waals surface area contributed by atoms with Crippen molar-refractivity contribution in [1.82, 2.24) is 5.32 Å². The highest BCUT2D eigenvalue weighted by Crippen LogP contribution is 2.23. The van der Waals surface area contributed by atoms with E-state index in [-0.39, 0.29) is 0 Å². The van der Waals surface area contributed by atoms with E-state index >= 15 is 0 Å². The Bertz CT molecular complexity index is 318. The molecule has 1 nitrogen and oxygen atoms in total. The third kappa shape index (κ3) is 2.63. The van der Waals surface area contributed by atoms with Crippen LogP contribution in [0, 0.1) is 0 Å². The van der Waals surface area contributed by atoms with Crippen molar-refractivity contribution in [2.45, 2.75) is 19.5 Å². The molecular formula is C12H15NS. The number of thioether (sulfide) groups is 1. The maximum atomic E-state index is 3.53. The highest BCUT2D eigenvalue weighted by atomic mass is 32.2. The molecule has 1 atom stereocenters. The first kappa shape index (κ1) is 9.81. The van der Waals surface area contributed by atoms with E-state index in [9.17, 15) is 0 Å². The second kappa shape index (κ2) is 4.67. The molecule has 1 N–H and O–H groups in total. The molecule has 0 saturated heterocycles. The van der Waals surface area contributed by atoms with Crippen molar-refractivity contribution in [3.63, 3.8) is 0 Å². The molecule has 1 unspecified atom stereocenters. The summed E-state index contributed by atoms with van der Waals surface area (Å²) in [6, 6.07) is 11.1. The summed E-state index contributed by atoms with van der Waals surface area (Å²) in [5.74, 6) is 1.18. The number of hydrogen-bond donors (Lipinski definition) is 1. The Labute approximate surface area is 89.6 Å². The molecule has 1 aliphatic heterocycles. The normalized spacial score (nSPS) is 20.9. The minimum Gasteiger partial charge on any atom is -0.306 e. The molecule has 0 aliphatic carbocycles. The van der Waals surface area contributed by atoms with Crippen LogP contribution in [0.3, 0.4) is 0 Å². The summed E-state index contributed by atoms with van der Waals surface area (Å²) in [7, 11) is 0. The molecule has 0 aromatic heterocycles. The van der Waals surface area contributed by atoms with Gasteiger partial charge in [0.25, 0.3) is 0 Å². The van der Waals surface area contributed by atoms with Gasteiger partial charge in [0, 0.05) is 18.3 Å². The Hall–Kier alpha value is -0.730. The second-order valence-corrected chi connectivity index (χ2v) is 4.83. The van der Waals surface area contributed by atoms with Crippen LogP contribution in [0.25, 0.3) is 0 Å². The molecule has 74 valence electrons. The van der Waals surface area contributed by atoms with Crippen molar-refractivity contribution >= 4 is 11.8 Å². The largest absolute Gasteiger partial charge is 0.306 e. The number of rotatable bonds is 3. The maximum Gasteiger partial charge on any atom is 0.0358 e. The third-order valence-corrected chi connectivity index (χ3v) is 3.45. The third-order valence-electron chi connectivity index (χ3n) is 2.34. The summed E-state index contributed by atoms with van der Waals surface area (Å²) in [5.41, 5.74) is 1.36. The lowest BCUT2D eigenvalue weighted by molar-refractivity contribution is 0.644. The molecule has 0 bridgehead atoms. The van der Waals surface area contributed by atoms with E-state index in [1.165, 1.54) is 16.2 Å². The van der Waals surface area contributed by atoms with Gasteiger partial charge in [-0.05, 0) is 17.4 Å². The van der Waals surface area contributed by atoms with Crippen LogP contribution in [0.5, 0.6) is 0 Å². The average Bonchev–Trinajstić information content (AvgIpc) is 2.63. The van der Waals surface area contributed by atoms with Crippen LogP contribution in [0.4, 0.5) is 0 Å². The first-order valence-electron chi connectivity index (χ1n) is 4.93. The predicted octanol–water partition coefficient (Wildman–Crippen LogP) is 2.80. The van der Waals surface area contributed by atoms with Crippen molar-refractivity contribution in [2.24, 2.45) is 0 Å². The van der Waals surface area contributed by atoms with Gasteiger partial charge in [0.1, 0.15) is 0 Å². The summed E-state index contributed by atoms with van der Waals surface area (Å²) < 4.78 is 0.